The molecule has 33 heavy (non-hydrogen) atoms. The molecule has 1 atom stereocenters. The highest BCUT2D eigenvalue weighted by Crippen LogP contribution is 2.35. The van der Waals surface area contributed by atoms with Crippen molar-refractivity contribution in [3.63, 3.8) is 0 Å². The van der Waals surface area contributed by atoms with Crippen molar-refractivity contribution in [1.29, 1.82) is 0 Å². The normalized spacial score (nSPS) is 15.2. The van der Waals surface area contributed by atoms with Gasteiger partial charge in [0.05, 0.1) is 5.39 Å². The molecule has 0 spiro atoms. The van der Waals surface area contributed by atoms with E-state index in [-0.39, 0.29) is 11.9 Å². The fourth-order valence-corrected chi connectivity index (χ4v) is 4.15. The number of hydrogen-bond acceptors (Lipinski definition) is 5. The molecule has 2 aromatic heterocycles. The molecule has 1 saturated heterocycles. The molecule has 4 aromatic rings. The van der Waals surface area contributed by atoms with E-state index in [1.54, 1.807) is 13.3 Å². The summed E-state index contributed by atoms with van der Waals surface area (Å²) in [7, 11) is 0. The molecule has 5 rings (SSSR count). The van der Waals surface area contributed by atoms with E-state index in [2.05, 4.69) is 37.0 Å². The zero-order chi connectivity index (χ0) is 22.6. The lowest BCUT2D eigenvalue weighted by Gasteiger charge is -2.19. The average molecular weight is 438 g/mol. The molecule has 7 heteroatoms. The zero-order valence-corrected chi connectivity index (χ0v) is 18.2. The van der Waals surface area contributed by atoms with Gasteiger partial charge < -0.3 is 19.9 Å². The molecule has 0 bridgehead atoms. The Morgan fingerprint density at radius 1 is 1.12 bits per heavy atom. The van der Waals surface area contributed by atoms with Crippen molar-refractivity contribution in [3.05, 3.63) is 67.1 Å². The largest absolute Gasteiger partial charge is 0.457 e. The molecule has 0 aliphatic carbocycles. The lowest BCUT2D eigenvalue weighted by Crippen LogP contribution is -2.36. The summed E-state index contributed by atoms with van der Waals surface area (Å²) >= 11 is 0. The molecule has 0 radical (unpaired) electrons. The second kappa shape index (κ2) is 9.05. The lowest BCUT2D eigenvalue weighted by atomic mass is 10.1. The minimum Gasteiger partial charge on any atom is -0.457 e. The monoisotopic (exact) mass is 437 g/mol. The summed E-state index contributed by atoms with van der Waals surface area (Å²) < 4.78 is 5.92. The SMILES string of the molecule is CC#CC(=O)N[C@@H]1CCN(c2ncnc3[nH]cc(-c4ccc(Oc5ccccc5)cc4)c23)C1. The Morgan fingerprint density at radius 2 is 1.91 bits per heavy atom. The maximum Gasteiger partial charge on any atom is 0.296 e. The van der Waals surface area contributed by atoms with Gasteiger partial charge in [-0.15, -0.1) is 0 Å². The molecule has 1 aliphatic rings. The number of aromatic nitrogens is 3. The topological polar surface area (TPSA) is 83.1 Å². The second-order valence-electron chi connectivity index (χ2n) is 7.84. The number of aromatic amines is 1. The number of ether oxygens (including phenoxy) is 1. The van der Waals surface area contributed by atoms with E-state index < -0.39 is 0 Å². The third-order valence-electron chi connectivity index (χ3n) is 5.66. The molecule has 0 unspecified atom stereocenters. The summed E-state index contributed by atoms with van der Waals surface area (Å²) in [6.07, 6.45) is 4.37. The van der Waals surface area contributed by atoms with Crippen molar-refractivity contribution >= 4 is 22.8 Å². The summed E-state index contributed by atoms with van der Waals surface area (Å²) in [6, 6.07) is 17.7. The summed E-state index contributed by atoms with van der Waals surface area (Å²) in [5.41, 5.74) is 2.85. The quantitative estimate of drug-likeness (QED) is 0.459. The summed E-state index contributed by atoms with van der Waals surface area (Å²) in [6.45, 7) is 3.13. The third kappa shape index (κ3) is 4.37. The first kappa shape index (κ1) is 20.6. The highest BCUT2D eigenvalue weighted by molar-refractivity contribution is 6.01. The Bertz CT molecular complexity index is 1340. The second-order valence-corrected chi connectivity index (χ2v) is 7.84. The highest BCUT2D eigenvalue weighted by Gasteiger charge is 2.27. The Balaban J connectivity index is 1.40. The van der Waals surface area contributed by atoms with Crippen molar-refractivity contribution in [1.82, 2.24) is 20.3 Å². The van der Waals surface area contributed by atoms with E-state index in [1.807, 2.05) is 60.8 Å². The number of hydrogen-bond donors (Lipinski definition) is 2. The summed E-state index contributed by atoms with van der Waals surface area (Å²) in [5, 5.41) is 3.94. The number of carbonyl (C=O) groups is 1. The van der Waals surface area contributed by atoms with Crippen LogP contribution in [0.15, 0.2) is 67.1 Å². The number of nitrogens with zero attached hydrogens (tertiary/aromatic N) is 3. The number of amides is 1. The van der Waals surface area contributed by atoms with Crippen molar-refractivity contribution < 1.29 is 9.53 Å². The van der Waals surface area contributed by atoms with E-state index in [0.29, 0.717) is 6.54 Å². The summed E-state index contributed by atoms with van der Waals surface area (Å²) in [5.74, 6) is 7.38. The number of carbonyl (C=O) groups excluding carboxylic acids is 1. The van der Waals surface area contributed by atoms with Gasteiger partial charge in [-0.1, -0.05) is 36.3 Å². The fourth-order valence-electron chi connectivity index (χ4n) is 4.15. The fraction of sp³-hybridized carbons (Fsp3) is 0.192. The van der Waals surface area contributed by atoms with Gasteiger partial charge in [0.15, 0.2) is 0 Å². The molecular formula is C26H23N5O2. The Labute approximate surface area is 191 Å². The zero-order valence-electron chi connectivity index (χ0n) is 18.2. The number of rotatable bonds is 5. The van der Waals surface area contributed by atoms with Crippen LogP contribution in [0.25, 0.3) is 22.2 Å². The minimum absolute atomic E-state index is 0.0418. The van der Waals surface area contributed by atoms with Gasteiger partial charge in [0.25, 0.3) is 5.91 Å². The molecule has 2 aromatic carbocycles. The van der Waals surface area contributed by atoms with E-state index in [9.17, 15) is 4.79 Å². The predicted molar refractivity (Wildman–Crippen MR) is 128 cm³/mol. The van der Waals surface area contributed by atoms with E-state index in [4.69, 9.17) is 4.74 Å². The first-order chi connectivity index (χ1) is 16.2. The Hall–Kier alpha value is -4.31. The smallest absolute Gasteiger partial charge is 0.296 e. The van der Waals surface area contributed by atoms with Crippen molar-refractivity contribution in [3.8, 4) is 34.5 Å². The number of para-hydroxylation sites is 1. The van der Waals surface area contributed by atoms with Crippen molar-refractivity contribution in [2.75, 3.05) is 18.0 Å². The van der Waals surface area contributed by atoms with Gasteiger partial charge in [-0.3, -0.25) is 4.79 Å². The van der Waals surface area contributed by atoms with Gasteiger partial charge in [0, 0.05) is 30.9 Å². The number of anilines is 1. The van der Waals surface area contributed by atoms with E-state index >= 15 is 0 Å². The van der Waals surface area contributed by atoms with Crippen LogP contribution in [0.2, 0.25) is 0 Å². The Kier molecular flexibility index (Phi) is 5.64. The van der Waals surface area contributed by atoms with Crippen LogP contribution < -0.4 is 15.0 Å². The molecule has 7 nitrogen and oxygen atoms in total. The Morgan fingerprint density at radius 3 is 2.70 bits per heavy atom. The molecule has 164 valence electrons. The molecule has 1 fully saturated rings. The molecule has 0 saturated carbocycles. The van der Waals surface area contributed by atoms with Gasteiger partial charge in [-0.2, -0.15) is 0 Å². The van der Waals surface area contributed by atoms with Gasteiger partial charge >= 0.3 is 0 Å². The predicted octanol–water partition coefficient (Wildman–Crippen LogP) is 4.14. The van der Waals surface area contributed by atoms with Gasteiger partial charge in [0.1, 0.15) is 29.3 Å². The van der Waals surface area contributed by atoms with Crippen LogP contribution >= 0.6 is 0 Å². The van der Waals surface area contributed by atoms with Crippen LogP contribution in [0.1, 0.15) is 13.3 Å². The number of fused-ring (bicyclic) bond motifs is 1. The van der Waals surface area contributed by atoms with Crippen molar-refractivity contribution in [2.24, 2.45) is 0 Å². The van der Waals surface area contributed by atoms with Crippen LogP contribution in [0.5, 0.6) is 11.5 Å². The van der Waals surface area contributed by atoms with E-state index in [1.165, 1.54) is 0 Å². The van der Waals surface area contributed by atoms with Gasteiger partial charge in [-0.05, 0) is 49.1 Å². The molecule has 1 aliphatic heterocycles. The minimum atomic E-state index is -0.239. The third-order valence-corrected chi connectivity index (χ3v) is 5.66. The number of H-pyrrole nitrogens is 1. The van der Waals surface area contributed by atoms with Crippen LogP contribution in [0.4, 0.5) is 5.82 Å². The van der Waals surface area contributed by atoms with Gasteiger partial charge in [0.2, 0.25) is 0 Å². The summed E-state index contributed by atoms with van der Waals surface area (Å²) in [4.78, 5) is 26.3. The lowest BCUT2D eigenvalue weighted by molar-refractivity contribution is -0.116. The highest BCUT2D eigenvalue weighted by atomic mass is 16.5. The maximum atomic E-state index is 11.9. The van der Waals surface area contributed by atoms with Crippen molar-refractivity contribution in [2.45, 2.75) is 19.4 Å². The van der Waals surface area contributed by atoms with Crippen LogP contribution in [-0.4, -0.2) is 40.0 Å². The van der Waals surface area contributed by atoms with Crippen LogP contribution in [-0.2, 0) is 4.79 Å². The number of benzene rings is 2. The standard InChI is InChI=1S/C26H23N5O2/c1-2-6-23(32)30-19-13-14-31(16-19)26-24-22(15-27-25(24)28-17-29-26)18-9-11-21(12-10-18)33-20-7-4-3-5-8-20/h3-5,7-12,15,17,19H,13-14,16H2,1H3,(H,30,32)(H,27,28,29)/t19-/m1/s1. The molecular weight excluding hydrogens is 414 g/mol. The first-order valence-electron chi connectivity index (χ1n) is 10.8. The van der Waals surface area contributed by atoms with Crippen LogP contribution in [0, 0.1) is 11.8 Å². The number of nitrogens with one attached hydrogen (secondary N) is 2. The molecule has 2 N–H and O–H groups in total. The average Bonchev–Trinajstić information content (AvgIpc) is 3.48. The van der Waals surface area contributed by atoms with E-state index in [0.717, 1.165) is 52.4 Å². The maximum absolute atomic E-state index is 11.9. The van der Waals surface area contributed by atoms with Crippen LogP contribution in [0.3, 0.4) is 0 Å². The van der Waals surface area contributed by atoms with Gasteiger partial charge in [-0.25, -0.2) is 9.97 Å². The molecule has 1 amide bonds. The molecule has 3 heterocycles. The first-order valence-corrected chi connectivity index (χ1v) is 10.8.